The molecule has 102 valence electrons. The number of hydrogen-bond donors (Lipinski definition) is 1. The Morgan fingerprint density at radius 3 is 2.74 bits per heavy atom. The molecular formula is C14H19N3OS. The van der Waals surface area contributed by atoms with Gasteiger partial charge in [-0.1, -0.05) is 24.1 Å². The molecule has 5 heteroatoms. The Kier molecular flexibility index (Phi) is 2.98. The first kappa shape index (κ1) is 12.8. The molecule has 0 aliphatic heterocycles. The van der Waals surface area contributed by atoms with E-state index in [1.807, 2.05) is 6.07 Å². The minimum absolute atomic E-state index is 0.256. The zero-order chi connectivity index (χ0) is 13.5. The average molecular weight is 277 g/mol. The van der Waals surface area contributed by atoms with Crippen LogP contribution in [0.5, 0.6) is 0 Å². The highest BCUT2D eigenvalue weighted by Crippen LogP contribution is 2.37. The first-order valence-electron chi connectivity index (χ1n) is 6.70. The fraction of sp³-hybridized carbons (Fsp3) is 0.571. The normalized spacial score (nSPS) is 18.9. The molecule has 2 aromatic heterocycles. The van der Waals surface area contributed by atoms with Crippen LogP contribution in [0.3, 0.4) is 0 Å². The van der Waals surface area contributed by atoms with E-state index in [9.17, 15) is 0 Å². The van der Waals surface area contributed by atoms with Crippen molar-refractivity contribution in [2.75, 3.05) is 0 Å². The van der Waals surface area contributed by atoms with Gasteiger partial charge in [0.15, 0.2) is 5.82 Å². The van der Waals surface area contributed by atoms with Gasteiger partial charge in [0, 0.05) is 4.88 Å². The molecule has 0 amide bonds. The van der Waals surface area contributed by atoms with Crippen molar-refractivity contribution < 1.29 is 4.52 Å². The Hall–Kier alpha value is -1.20. The van der Waals surface area contributed by atoms with Crippen LogP contribution in [-0.4, -0.2) is 10.1 Å². The van der Waals surface area contributed by atoms with E-state index < -0.39 is 0 Å². The van der Waals surface area contributed by atoms with Crippen molar-refractivity contribution in [3.05, 3.63) is 34.1 Å². The molecule has 3 rings (SSSR count). The van der Waals surface area contributed by atoms with Gasteiger partial charge in [0.1, 0.15) is 0 Å². The molecule has 0 radical (unpaired) electrons. The Bertz CT molecular complexity index is 553. The summed E-state index contributed by atoms with van der Waals surface area (Å²) >= 11 is 1.71. The van der Waals surface area contributed by atoms with E-state index in [0.29, 0.717) is 11.7 Å². The quantitative estimate of drug-likeness (QED) is 0.935. The highest BCUT2D eigenvalue weighted by molar-refractivity contribution is 7.10. The van der Waals surface area contributed by atoms with E-state index in [1.54, 1.807) is 11.3 Å². The third-order valence-electron chi connectivity index (χ3n) is 4.04. The zero-order valence-electron chi connectivity index (χ0n) is 11.3. The molecule has 1 aliphatic carbocycles. The second-order valence-electron chi connectivity index (χ2n) is 5.89. The van der Waals surface area contributed by atoms with Crippen LogP contribution in [0.1, 0.15) is 56.1 Å². The molecule has 1 fully saturated rings. The van der Waals surface area contributed by atoms with Gasteiger partial charge in [-0.25, -0.2) is 0 Å². The maximum Gasteiger partial charge on any atom is 0.237 e. The second-order valence-corrected chi connectivity index (χ2v) is 6.84. The maximum absolute atomic E-state index is 6.37. The van der Waals surface area contributed by atoms with E-state index in [4.69, 9.17) is 10.3 Å². The smallest absolute Gasteiger partial charge is 0.237 e. The van der Waals surface area contributed by atoms with Crippen molar-refractivity contribution in [3.63, 3.8) is 0 Å². The summed E-state index contributed by atoms with van der Waals surface area (Å²) in [4.78, 5) is 5.82. The highest BCUT2D eigenvalue weighted by Gasteiger charge is 2.38. The van der Waals surface area contributed by atoms with Crippen molar-refractivity contribution in [1.82, 2.24) is 10.1 Å². The largest absolute Gasteiger partial charge is 0.338 e. The fourth-order valence-electron chi connectivity index (χ4n) is 2.65. The second kappa shape index (κ2) is 4.42. The number of thiophene rings is 1. The van der Waals surface area contributed by atoms with E-state index in [2.05, 4.69) is 35.4 Å². The van der Waals surface area contributed by atoms with Crippen LogP contribution in [0.4, 0.5) is 0 Å². The molecule has 2 aromatic rings. The lowest BCUT2D eigenvalue weighted by molar-refractivity contribution is 0.320. The van der Waals surface area contributed by atoms with Crippen molar-refractivity contribution in [3.8, 4) is 0 Å². The summed E-state index contributed by atoms with van der Waals surface area (Å²) in [5.74, 6) is 1.33. The van der Waals surface area contributed by atoms with E-state index in [1.165, 1.54) is 4.88 Å². The fourth-order valence-corrected chi connectivity index (χ4v) is 3.49. The summed E-state index contributed by atoms with van der Waals surface area (Å²) in [7, 11) is 0. The molecule has 0 aromatic carbocycles. The third kappa shape index (κ3) is 2.11. The molecule has 0 saturated heterocycles. The molecule has 1 aliphatic rings. The van der Waals surface area contributed by atoms with E-state index in [-0.39, 0.29) is 11.0 Å². The number of rotatable bonds is 3. The molecule has 0 bridgehead atoms. The zero-order valence-corrected chi connectivity index (χ0v) is 12.2. The lowest BCUT2D eigenvalue weighted by Gasteiger charge is -2.19. The predicted octanol–water partition coefficient (Wildman–Crippen LogP) is 3.19. The Morgan fingerprint density at radius 1 is 1.37 bits per heavy atom. The van der Waals surface area contributed by atoms with Crippen LogP contribution in [-0.2, 0) is 11.0 Å². The van der Waals surface area contributed by atoms with Crippen molar-refractivity contribution in [1.29, 1.82) is 0 Å². The van der Waals surface area contributed by atoms with Crippen LogP contribution >= 0.6 is 11.3 Å². The molecule has 2 N–H and O–H groups in total. The van der Waals surface area contributed by atoms with Crippen molar-refractivity contribution in [2.24, 2.45) is 5.73 Å². The molecule has 0 unspecified atom stereocenters. The van der Waals surface area contributed by atoms with Crippen LogP contribution in [0.25, 0.3) is 0 Å². The van der Waals surface area contributed by atoms with Gasteiger partial charge in [-0.15, -0.1) is 11.3 Å². The summed E-state index contributed by atoms with van der Waals surface area (Å²) in [6, 6.07) is 4.14. The van der Waals surface area contributed by atoms with Gasteiger partial charge in [0.25, 0.3) is 0 Å². The number of nitrogens with zero attached hydrogens (tertiary/aromatic N) is 2. The number of aromatic nitrogens is 2. The number of hydrogen-bond acceptors (Lipinski definition) is 5. The van der Waals surface area contributed by atoms with Crippen LogP contribution in [0.2, 0.25) is 0 Å². The first-order valence-corrected chi connectivity index (χ1v) is 7.58. The molecule has 0 spiro atoms. The van der Waals surface area contributed by atoms with Crippen LogP contribution in [0, 0.1) is 0 Å². The molecule has 2 heterocycles. The standard InChI is InChI=1S/C14H19N3OS/c1-13(2,10-6-5-9-19-10)12-16-11(17-18-12)14(15)7-3-4-8-14/h5-6,9H,3-4,7-8,15H2,1-2H3. The summed E-state index contributed by atoms with van der Waals surface area (Å²) in [5.41, 5.74) is 5.74. The molecule has 0 atom stereocenters. The molecular weight excluding hydrogens is 258 g/mol. The third-order valence-corrected chi connectivity index (χ3v) is 5.23. The van der Waals surface area contributed by atoms with Gasteiger partial charge < -0.3 is 10.3 Å². The lowest BCUT2D eigenvalue weighted by Crippen LogP contribution is -2.34. The minimum Gasteiger partial charge on any atom is -0.338 e. The topological polar surface area (TPSA) is 64.9 Å². The van der Waals surface area contributed by atoms with Crippen molar-refractivity contribution in [2.45, 2.75) is 50.5 Å². The molecule has 19 heavy (non-hydrogen) atoms. The van der Waals surface area contributed by atoms with Crippen LogP contribution < -0.4 is 5.73 Å². The van der Waals surface area contributed by atoms with Gasteiger partial charge in [-0.2, -0.15) is 4.98 Å². The summed E-state index contributed by atoms with van der Waals surface area (Å²) in [5, 5.41) is 6.20. The minimum atomic E-state index is -0.382. The monoisotopic (exact) mass is 277 g/mol. The van der Waals surface area contributed by atoms with Gasteiger partial charge in [-0.3, -0.25) is 0 Å². The highest BCUT2D eigenvalue weighted by atomic mass is 32.1. The van der Waals surface area contributed by atoms with Gasteiger partial charge in [-0.05, 0) is 38.1 Å². The van der Waals surface area contributed by atoms with Crippen molar-refractivity contribution >= 4 is 11.3 Å². The van der Waals surface area contributed by atoms with Gasteiger partial charge in [0.2, 0.25) is 5.89 Å². The maximum atomic E-state index is 6.37. The average Bonchev–Trinajstić information content (AvgIpc) is 3.11. The summed E-state index contributed by atoms with van der Waals surface area (Å²) < 4.78 is 5.50. The lowest BCUT2D eigenvalue weighted by atomic mass is 9.91. The first-order chi connectivity index (χ1) is 9.02. The number of nitrogens with two attached hydrogens (primary N) is 1. The molecule has 4 nitrogen and oxygen atoms in total. The van der Waals surface area contributed by atoms with E-state index >= 15 is 0 Å². The van der Waals surface area contributed by atoms with Gasteiger partial charge >= 0.3 is 0 Å². The Labute approximate surface area is 117 Å². The molecule has 1 saturated carbocycles. The predicted molar refractivity (Wildman–Crippen MR) is 75.1 cm³/mol. The summed E-state index contributed by atoms with van der Waals surface area (Å²) in [6.07, 6.45) is 4.19. The van der Waals surface area contributed by atoms with E-state index in [0.717, 1.165) is 25.7 Å². The Balaban J connectivity index is 1.93. The SMILES string of the molecule is CC(C)(c1nc(C2(N)CCCC2)no1)c1cccs1. The van der Waals surface area contributed by atoms with Crippen LogP contribution in [0.15, 0.2) is 22.0 Å². The Morgan fingerprint density at radius 2 is 2.11 bits per heavy atom. The summed E-state index contributed by atoms with van der Waals surface area (Å²) in [6.45, 7) is 4.21. The van der Waals surface area contributed by atoms with Gasteiger partial charge in [0.05, 0.1) is 11.0 Å².